The first-order chi connectivity index (χ1) is 10.2. The van der Waals surface area contributed by atoms with Crippen LogP contribution in [0.2, 0.25) is 0 Å². The topological polar surface area (TPSA) is 84.1 Å². The SMILES string of the molecule is Nc1nc(NCCc2ccc(O)cc2)c2ccccc2n1. The van der Waals surface area contributed by atoms with Gasteiger partial charge < -0.3 is 16.2 Å². The molecule has 4 N–H and O–H groups in total. The molecule has 0 unspecified atom stereocenters. The average Bonchev–Trinajstić information content (AvgIpc) is 2.49. The summed E-state index contributed by atoms with van der Waals surface area (Å²) < 4.78 is 0. The molecule has 0 saturated carbocycles. The van der Waals surface area contributed by atoms with Crippen LogP contribution in [-0.2, 0) is 6.42 Å². The number of hydrogen-bond donors (Lipinski definition) is 3. The quantitative estimate of drug-likeness (QED) is 0.684. The molecule has 5 heteroatoms. The maximum absolute atomic E-state index is 9.26. The van der Waals surface area contributed by atoms with Crippen LogP contribution in [0.15, 0.2) is 48.5 Å². The van der Waals surface area contributed by atoms with Crippen LogP contribution in [-0.4, -0.2) is 21.6 Å². The first-order valence-electron chi connectivity index (χ1n) is 6.76. The number of phenols is 1. The van der Waals surface area contributed by atoms with E-state index in [1.54, 1.807) is 12.1 Å². The number of nitrogens with two attached hydrogens (primary N) is 1. The van der Waals surface area contributed by atoms with Crippen molar-refractivity contribution in [3.63, 3.8) is 0 Å². The summed E-state index contributed by atoms with van der Waals surface area (Å²) in [4.78, 5) is 8.47. The van der Waals surface area contributed by atoms with Crippen LogP contribution >= 0.6 is 0 Å². The normalized spacial score (nSPS) is 10.7. The molecule has 3 rings (SSSR count). The highest BCUT2D eigenvalue weighted by Gasteiger charge is 2.05. The van der Waals surface area contributed by atoms with Gasteiger partial charge in [-0.25, -0.2) is 4.98 Å². The molecule has 0 aliphatic heterocycles. The van der Waals surface area contributed by atoms with Crippen LogP contribution in [0.25, 0.3) is 10.9 Å². The fourth-order valence-electron chi connectivity index (χ4n) is 2.22. The van der Waals surface area contributed by atoms with Crippen molar-refractivity contribution in [3.05, 3.63) is 54.1 Å². The Balaban J connectivity index is 1.74. The van der Waals surface area contributed by atoms with Crippen molar-refractivity contribution in [2.45, 2.75) is 6.42 Å². The van der Waals surface area contributed by atoms with Crippen LogP contribution in [0, 0.1) is 0 Å². The Kier molecular flexibility index (Phi) is 3.55. The maximum atomic E-state index is 9.26. The van der Waals surface area contributed by atoms with Gasteiger partial charge in [-0.15, -0.1) is 0 Å². The van der Waals surface area contributed by atoms with Crippen LogP contribution in [0.3, 0.4) is 0 Å². The van der Waals surface area contributed by atoms with Crippen LogP contribution in [0.1, 0.15) is 5.56 Å². The number of nitrogen functional groups attached to an aromatic ring is 1. The van der Waals surface area contributed by atoms with Gasteiger partial charge in [0.2, 0.25) is 5.95 Å². The van der Waals surface area contributed by atoms with Gasteiger partial charge in [-0.2, -0.15) is 4.98 Å². The Labute approximate surface area is 122 Å². The standard InChI is InChI=1S/C16H16N4O/c17-16-19-14-4-2-1-3-13(14)15(20-16)18-10-9-11-5-7-12(21)8-6-11/h1-8,21H,9-10H2,(H3,17,18,19,20). The Morgan fingerprint density at radius 3 is 2.57 bits per heavy atom. The minimum atomic E-state index is 0.265. The summed E-state index contributed by atoms with van der Waals surface area (Å²) in [5.41, 5.74) is 7.71. The van der Waals surface area contributed by atoms with E-state index in [2.05, 4.69) is 15.3 Å². The first kappa shape index (κ1) is 13.2. The fraction of sp³-hybridized carbons (Fsp3) is 0.125. The van der Waals surface area contributed by atoms with Gasteiger partial charge in [0.05, 0.1) is 5.52 Å². The van der Waals surface area contributed by atoms with Crippen molar-refractivity contribution in [2.75, 3.05) is 17.6 Å². The Hall–Kier alpha value is -2.82. The van der Waals surface area contributed by atoms with Crippen molar-refractivity contribution in [1.82, 2.24) is 9.97 Å². The molecular formula is C16H16N4O. The molecule has 0 bridgehead atoms. The van der Waals surface area contributed by atoms with E-state index in [4.69, 9.17) is 5.73 Å². The van der Waals surface area contributed by atoms with E-state index >= 15 is 0 Å². The van der Waals surface area contributed by atoms with E-state index in [1.165, 1.54) is 0 Å². The summed E-state index contributed by atoms with van der Waals surface area (Å²) >= 11 is 0. The Bertz CT molecular complexity index is 756. The van der Waals surface area contributed by atoms with Crippen LogP contribution in [0.5, 0.6) is 5.75 Å². The first-order valence-corrected chi connectivity index (χ1v) is 6.76. The molecule has 5 nitrogen and oxygen atoms in total. The molecule has 0 atom stereocenters. The average molecular weight is 280 g/mol. The second-order valence-corrected chi connectivity index (χ2v) is 4.79. The number of hydrogen-bond acceptors (Lipinski definition) is 5. The van der Waals surface area contributed by atoms with E-state index in [9.17, 15) is 5.11 Å². The van der Waals surface area contributed by atoms with E-state index in [0.29, 0.717) is 0 Å². The zero-order chi connectivity index (χ0) is 14.7. The lowest BCUT2D eigenvalue weighted by Gasteiger charge is -2.09. The zero-order valence-electron chi connectivity index (χ0n) is 11.5. The minimum absolute atomic E-state index is 0.265. The second-order valence-electron chi connectivity index (χ2n) is 4.79. The molecule has 0 aliphatic carbocycles. The molecule has 3 aromatic rings. The van der Waals surface area contributed by atoms with Gasteiger partial charge in [-0.1, -0.05) is 24.3 Å². The number of nitrogens with zero attached hydrogens (tertiary/aromatic N) is 2. The number of aromatic nitrogens is 2. The molecule has 0 fully saturated rings. The summed E-state index contributed by atoms with van der Waals surface area (Å²) in [5.74, 6) is 1.29. The van der Waals surface area contributed by atoms with Crippen molar-refractivity contribution in [3.8, 4) is 5.75 Å². The molecule has 0 radical (unpaired) electrons. The summed E-state index contributed by atoms with van der Waals surface area (Å²) in [6.45, 7) is 0.727. The molecule has 1 heterocycles. The van der Waals surface area contributed by atoms with Gasteiger partial charge in [0.25, 0.3) is 0 Å². The number of para-hydroxylation sites is 1. The van der Waals surface area contributed by atoms with Crippen molar-refractivity contribution < 1.29 is 5.11 Å². The Morgan fingerprint density at radius 2 is 1.76 bits per heavy atom. The van der Waals surface area contributed by atoms with Gasteiger partial charge in [-0.3, -0.25) is 0 Å². The van der Waals surface area contributed by atoms with Gasteiger partial charge in [-0.05, 0) is 36.2 Å². The predicted molar refractivity (Wildman–Crippen MR) is 84.3 cm³/mol. The van der Waals surface area contributed by atoms with Gasteiger partial charge in [0.15, 0.2) is 0 Å². The smallest absolute Gasteiger partial charge is 0.222 e. The van der Waals surface area contributed by atoms with Gasteiger partial charge in [0, 0.05) is 11.9 Å². The van der Waals surface area contributed by atoms with Crippen LogP contribution < -0.4 is 11.1 Å². The lowest BCUT2D eigenvalue weighted by molar-refractivity contribution is 0.475. The second kappa shape index (κ2) is 5.66. The van der Waals surface area contributed by atoms with Crippen molar-refractivity contribution >= 4 is 22.7 Å². The largest absolute Gasteiger partial charge is 0.508 e. The number of fused-ring (bicyclic) bond motifs is 1. The van der Waals surface area contributed by atoms with Gasteiger partial charge >= 0.3 is 0 Å². The number of aromatic hydroxyl groups is 1. The number of anilines is 2. The van der Waals surface area contributed by atoms with Crippen LogP contribution in [0.4, 0.5) is 11.8 Å². The number of rotatable bonds is 4. The monoisotopic (exact) mass is 280 g/mol. The highest BCUT2D eigenvalue weighted by Crippen LogP contribution is 2.20. The molecular weight excluding hydrogens is 264 g/mol. The molecule has 21 heavy (non-hydrogen) atoms. The lowest BCUT2D eigenvalue weighted by Crippen LogP contribution is -2.08. The highest BCUT2D eigenvalue weighted by molar-refractivity contribution is 5.89. The van der Waals surface area contributed by atoms with E-state index in [1.807, 2.05) is 36.4 Å². The van der Waals surface area contributed by atoms with Gasteiger partial charge in [0.1, 0.15) is 11.6 Å². The summed E-state index contributed by atoms with van der Waals surface area (Å²) in [6.07, 6.45) is 0.832. The summed E-state index contributed by atoms with van der Waals surface area (Å²) in [6, 6.07) is 15.0. The maximum Gasteiger partial charge on any atom is 0.222 e. The predicted octanol–water partition coefficient (Wildman–Crippen LogP) is 2.57. The molecule has 0 saturated heterocycles. The van der Waals surface area contributed by atoms with E-state index in [-0.39, 0.29) is 11.7 Å². The minimum Gasteiger partial charge on any atom is -0.508 e. The Morgan fingerprint density at radius 1 is 1.00 bits per heavy atom. The van der Waals surface area contributed by atoms with Crippen molar-refractivity contribution in [2.24, 2.45) is 0 Å². The lowest BCUT2D eigenvalue weighted by atomic mass is 10.1. The summed E-state index contributed by atoms with van der Waals surface area (Å²) in [5, 5.41) is 13.5. The van der Waals surface area contributed by atoms with E-state index in [0.717, 1.165) is 35.2 Å². The number of benzene rings is 2. The third-order valence-electron chi connectivity index (χ3n) is 3.26. The number of nitrogens with one attached hydrogen (secondary N) is 1. The molecule has 2 aromatic carbocycles. The molecule has 0 aliphatic rings. The molecule has 0 spiro atoms. The summed E-state index contributed by atoms with van der Waals surface area (Å²) in [7, 11) is 0. The number of phenolic OH excluding ortho intramolecular Hbond substituents is 1. The third-order valence-corrected chi connectivity index (χ3v) is 3.26. The molecule has 0 amide bonds. The fourth-order valence-corrected chi connectivity index (χ4v) is 2.22. The zero-order valence-corrected chi connectivity index (χ0v) is 11.5. The van der Waals surface area contributed by atoms with Crippen molar-refractivity contribution in [1.29, 1.82) is 0 Å². The van der Waals surface area contributed by atoms with E-state index < -0.39 is 0 Å². The molecule has 106 valence electrons. The highest BCUT2D eigenvalue weighted by atomic mass is 16.3. The third kappa shape index (κ3) is 3.02. The molecule has 1 aromatic heterocycles.